The molecule has 1 aliphatic carbocycles. The van der Waals surface area contributed by atoms with Crippen molar-refractivity contribution in [3.8, 4) is 0 Å². The summed E-state index contributed by atoms with van der Waals surface area (Å²) in [5.41, 5.74) is 0.157. The van der Waals surface area contributed by atoms with Gasteiger partial charge in [0.2, 0.25) is 0 Å². The summed E-state index contributed by atoms with van der Waals surface area (Å²) in [6, 6.07) is 0. The second-order valence-corrected chi connectivity index (χ2v) is 2.90. The maximum absolute atomic E-state index is 10.6. The van der Waals surface area contributed by atoms with Crippen molar-refractivity contribution < 1.29 is 15.0 Å². The molecule has 0 heterocycles. The highest BCUT2D eigenvalue weighted by Crippen LogP contribution is 2.18. The molecule has 12 heavy (non-hydrogen) atoms. The van der Waals surface area contributed by atoms with Crippen LogP contribution in [0.2, 0.25) is 0 Å². The minimum absolute atomic E-state index is 0.157. The minimum Gasteiger partial charge on any atom is -0.478 e. The lowest BCUT2D eigenvalue weighted by Gasteiger charge is -2.16. The summed E-state index contributed by atoms with van der Waals surface area (Å²) >= 11 is 4.87. The van der Waals surface area contributed by atoms with Gasteiger partial charge in [0, 0.05) is 16.4 Å². The highest BCUT2D eigenvalue weighted by Gasteiger charge is 2.23. The van der Waals surface area contributed by atoms with Gasteiger partial charge < -0.3 is 10.2 Å². The van der Waals surface area contributed by atoms with Crippen LogP contribution in [0.5, 0.6) is 0 Å². The van der Waals surface area contributed by atoms with Crippen molar-refractivity contribution in [3.63, 3.8) is 0 Å². The van der Waals surface area contributed by atoms with E-state index in [-0.39, 0.29) is 12.2 Å². The lowest BCUT2D eigenvalue weighted by Crippen LogP contribution is -2.24. The number of aliphatic carboxylic acids is 1. The topological polar surface area (TPSA) is 57.5 Å². The van der Waals surface area contributed by atoms with Crippen molar-refractivity contribution >= 4 is 23.1 Å². The summed E-state index contributed by atoms with van der Waals surface area (Å²) in [5, 5.41) is 17.5. The first-order valence-electron chi connectivity index (χ1n) is 3.43. The maximum atomic E-state index is 10.6. The van der Waals surface area contributed by atoms with Crippen LogP contribution < -0.4 is 0 Å². The molecule has 0 aromatic carbocycles. The summed E-state index contributed by atoms with van der Waals surface area (Å²) in [7, 11) is 0. The van der Waals surface area contributed by atoms with E-state index in [2.05, 4.69) is 0 Å². The third kappa shape index (κ3) is 1.60. The third-order valence-electron chi connectivity index (χ3n) is 1.68. The Morgan fingerprint density at radius 3 is 2.75 bits per heavy atom. The molecule has 0 fully saturated rings. The molecule has 0 amide bonds. The number of carbonyl (C=O) groups is 1. The average Bonchev–Trinajstić information content (AvgIpc) is 2.03. The fourth-order valence-electron chi connectivity index (χ4n) is 1.04. The second kappa shape index (κ2) is 3.60. The molecule has 3 nitrogen and oxygen atoms in total. The van der Waals surface area contributed by atoms with Gasteiger partial charge in [0.15, 0.2) is 0 Å². The Labute approximate surface area is 75.0 Å². The molecule has 0 spiro atoms. The molecule has 64 valence electrons. The summed E-state index contributed by atoms with van der Waals surface area (Å²) < 4.78 is 0. The van der Waals surface area contributed by atoms with Crippen molar-refractivity contribution in [1.82, 2.24) is 0 Å². The number of hydrogen-bond acceptors (Lipinski definition) is 3. The Kier molecular flexibility index (Phi) is 2.73. The predicted octanol–water partition coefficient (Wildman–Crippen LogP) is 0.546. The molecule has 0 bridgehead atoms. The Morgan fingerprint density at radius 1 is 1.67 bits per heavy atom. The molecule has 0 radical (unpaired) electrons. The highest BCUT2D eigenvalue weighted by molar-refractivity contribution is 7.80. The maximum Gasteiger partial charge on any atom is 0.332 e. The van der Waals surface area contributed by atoms with Gasteiger partial charge in [-0.3, -0.25) is 0 Å². The Morgan fingerprint density at radius 2 is 2.33 bits per heavy atom. The number of carboxylic acids is 1. The molecule has 1 atom stereocenters. The summed E-state index contributed by atoms with van der Waals surface area (Å²) in [4.78, 5) is 11.1. The zero-order valence-electron chi connectivity index (χ0n) is 6.23. The van der Waals surface area contributed by atoms with Gasteiger partial charge in [0.1, 0.15) is 0 Å². The molecule has 0 saturated heterocycles. The van der Waals surface area contributed by atoms with E-state index in [0.717, 1.165) is 0 Å². The minimum atomic E-state index is -1.03. The van der Waals surface area contributed by atoms with Gasteiger partial charge in [-0.05, 0) is 6.08 Å². The smallest absolute Gasteiger partial charge is 0.332 e. The van der Waals surface area contributed by atoms with E-state index in [0.29, 0.717) is 4.86 Å². The number of rotatable bonds is 2. The number of thiocarbonyl (C=S) groups is 1. The third-order valence-corrected chi connectivity index (χ3v) is 2.11. The zero-order chi connectivity index (χ0) is 9.14. The van der Waals surface area contributed by atoms with E-state index in [4.69, 9.17) is 22.4 Å². The number of hydrogen-bond donors (Lipinski definition) is 2. The SMILES string of the molecule is O=C(O)C1=CC=CC(=S)C1CO. The molecular weight excluding hydrogens is 176 g/mol. The molecular formula is C8H8O3S. The van der Waals surface area contributed by atoms with E-state index in [9.17, 15) is 4.79 Å². The van der Waals surface area contributed by atoms with Gasteiger partial charge in [-0.1, -0.05) is 24.4 Å². The van der Waals surface area contributed by atoms with E-state index < -0.39 is 11.9 Å². The molecule has 0 aromatic rings. The van der Waals surface area contributed by atoms with Crippen molar-refractivity contribution in [3.05, 3.63) is 23.8 Å². The Balaban J connectivity index is 2.96. The predicted molar refractivity (Wildman–Crippen MR) is 48.0 cm³/mol. The van der Waals surface area contributed by atoms with Gasteiger partial charge >= 0.3 is 5.97 Å². The molecule has 0 aliphatic heterocycles. The van der Waals surface area contributed by atoms with Crippen LogP contribution >= 0.6 is 12.2 Å². The van der Waals surface area contributed by atoms with Crippen molar-refractivity contribution in [2.75, 3.05) is 6.61 Å². The Hall–Kier alpha value is -1.00. The summed E-state index contributed by atoms with van der Waals surface area (Å²) in [6.45, 7) is -0.249. The van der Waals surface area contributed by atoms with Gasteiger partial charge in [-0.2, -0.15) is 0 Å². The van der Waals surface area contributed by atoms with E-state index in [1.807, 2.05) is 0 Å². The van der Waals surface area contributed by atoms with Crippen LogP contribution in [0.3, 0.4) is 0 Å². The van der Waals surface area contributed by atoms with Crippen molar-refractivity contribution in [2.24, 2.45) is 5.92 Å². The van der Waals surface area contributed by atoms with Gasteiger partial charge in [0.25, 0.3) is 0 Å². The van der Waals surface area contributed by atoms with E-state index in [1.165, 1.54) is 6.08 Å². The number of carboxylic acid groups (broad SMARTS) is 1. The molecule has 0 saturated carbocycles. The van der Waals surface area contributed by atoms with Crippen LogP contribution in [0.4, 0.5) is 0 Å². The molecule has 4 heteroatoms. The number of aliphatic hydroxyl groups is 1. The van der Waals surface area contributed by atoms with E-state index in [1.54, 1.807) is 12.2 Å². The molecule has 1 aliphatic rings. The molecule has 2 N–H and O–H groups in total. The average molecular weight is 184 g/mol. The summed E-state index contributed by atoms with van der Waals surface area (Å²) in [6.07, 6.45) is 4.67. The first kappa shape index (κ1) is 9.09. The van der Waals surface area contributed by atoms with Gasteiger partial charge in [-0.25, -0.2) is 4.79 Å². The first-order chi connectivity index (χ1) is 5.66. The van der Waals surface area contributed by atoms with Crippen LogP contribution in [-0.2, 0) is 4.79 Å². The van der Waals surface area contributed by atoms with Crippen molar-refractivity contribution in [1.29, 1.82) is 0 Å². The van der Waals surface area contributed by atoms with Crippen LogP contribution in [0.25, 0.3) is 0 Å². The number of aliphatic hydroxyl groups excluding tert-OH is 1. The summed E-state index contributed by atoms with van der Waals surface area (Å²) in [5.74, 6) is -1.55. The second-order valence-electron chi connectivity index (χ2n) is 2.42. The quantitative estimate of drug-likeness (QED) is 0.615. The molecule has 1 rings (SSSR count). The fraction of sp³-hybridized carbons (Fsp3) is 0.250. The van der Waals surface area contributed by atoms with Gasteiger partial charge in [0.05, 0.1) is 6.61 Å². The largest absolute Gasteiger partial charge is 0.478 e. The zero-order valence-corrected chi connectivity index (χ0v) is 7.04. The fourth-order valence-corrected chi connectivity index (χ4v) is 1.32. The lowest BCUT2D eigenvalue weighted by atomic mass is 9.92. The van der Waals surface area contributed by atoms with Gasteiger partial charge in [-0.15, -0.1) is 0 Å². The highest BCUT2D eigenvalue weighted by atomic mass is 32.1. The number of allylic oxidation sites excluding steroid dienone is 3. The van der Waals surface area contributed by atoms with Crippen LogP contribution in [-0.4, -0.2) is 27.7 Å². The van der Waals surface area contributed by atoms with Crippen LogP contribution in [0.1, 0.15) is 0 Å². The van der Waals surface area contributed by atoms with Crippen molar-refractivity contribution in [2.45, 2.75) is 0 Å². The monoisotopic (exact) mass is 184 g/mol. The lowest BCUT2D eigenvalue weighted by molar-refractivity contribution is -0.133. The normalized spacial score (nSPS) is 22.2. The standard InChI is InChI=1S/C8H8O3S/c9-4-6-5(8(10)11)2-1-3-7(6)12/h1-3,6,9H,4H2,(H,10,11). The first-order valence-corrected chi connectivity index (χ1v) is 3.84. The Bertz CT molecular complexity index is 278. The van der Waals surface area contributed by atoms with Crippen LogP contribution in [0.15, 0.2) is 23.8 Å². The molecule has 1 unspecified atom stereocenters. The van der Waals surface area contributed by atoms with Crippen LogP contribution in [0, 0.1) is 5.92 Å². The molecule has 0 aromatic heterocycles. The van der Waals surface area contributed by atoms with E-state index >= 15 is 0 Å².